The topological polar surface area (TPSA) is 186 Å². The van der Waals surface area contributed by atoms with E-state index in [4.69, 9.17) is 18.9 Å². The lowest BCUT2D eigenvalue weighted by Crippen LogP contribution is -2.39. The number of unbranched alkanes of at least 4 members (excludes halogenated alkanes) is 1. The third-order valence-electron chi connectivity index (χ3n) is 9.62. The van der Waals surface area contributed by atoms with Crippen molar-refractivity contribution in [1.82, 2.24) is 0 Å². The molecule has 2 aliphatic carbocycles. The lowest BCUT2D eigenvalue weighted by Gasteiger charge is -2.31. The van der Waals surface area contributed by atoms with Crippen LogP contribution in [0, 0.1) is 34.5 Å². The highest BCUT2D eigenvalue weighted by molar-refractivity contribution is 5.83. The summed E-state index contributed by atoms with van der Waals surface area (Å²) >= 11 is 0. The molecule has 12 heteroatoms. The molecule has 0 amide bonds. The fourth-order valence-corrected chi connectivity index (χ4v) is 5.51. The van der Waals surface area contributed by atoms with Crippen LogP contribution < -0.4 is 0 Å². The first-order valence-corrected chi connectivity index (χ1v) is 16.4. The Balaban J connectivity index is 1.83. The maximum atomic E-state index is 12.9. The van der Waals surface area contributed by atoms with Crippen LogP contribution in [0.3, 0.4) is 0 Å². The number of carbonyl (C=O) groups excluding carboxylic acids is 4. The van der Waals surface area contributed by atoms with E-state index in [9.17, 15) is 39.6 Å². The second-order valence-electron chi connectivity index (χ2n) is 13.0. The molecule has 4 N–H and O–H groups in total. The number of rotatable bonds is 19. The number of hydrogen-bond acceptors (Lipinski definition) is 12. The van der Waals surface area contributed by atoms with Crippen molar-refractivity contribution >= 4 is 23.9 Å². The van der Waals surface area contributed by atoms with E-state index in [-0.39, 0.29) is 52.9 Å². The highest BCUT2D eigenvalue weighted by atomic mass is 16.6. The molecular weight excluding hydrogens is 600 g/mol. The number of ether oxygens (including phenoxy) is 4. The van der Waals surface area contributed by atoms with E-state index >= 15 is 0 Å². The summed E-state index contributed by atoms with van der Waals surface area (Å²) in [6.45, 7) is 5.82. The molecule has 262 valence electrons. The zero-order valence-electron chi connectivity index (χ0n) is 27.8. The largest absolute Gasteiger partial charge is 0.465 e. The predicted octanol–water partition coefficient (Wildman–Crippen LogP) is 2.65. The monoisotopic (exact) mass is 654 g/mol. The zero-order chi connectivity index (χ0) is 34.3. The summed E-state index contributed by atoms with van der Waals surface area (Å²) in [5, 5.41) is 38.6. The van der Waals surface area contributed by atoms with Gasteiger partial charge in [-0.05, 0) is 65.2 Å². The van der Waals surface area contributed by atoms with E-state index in [0.717, 1.165) is 11.1 Å². The Labute approximate surface area is 272 Å². The second-order valence-corrected chi connectivity index (χ2v) is 13.0. The molecule has 0 spiro atoms. The molecule has 0 aromatic heterocycles. The number of allylic oxidation sites excluding steroid dienone is 4. The lowest BCUT2D eigenvalue weighted by molar-refractivity contribution is -0.165. The van der Waals surface area contributed by atoms with Crippen LogP contribution in [-0.4, -0.2) is 97.2 Å². The number of esters is 4. The van der Waals surface area contributed by atoms with Gasteiger partial charge in [-0.3, -0.25) is 19.2 Å². The van der Waals surface area contributed by atoms with Gasteiger partial charge >= 0.3 is 23.9 Å². The second kappa shape index (κ2) is 19.1. The van der Waals surface area contributed by atoms with Gasteiger partial charge in [-0.15, -0.1) is 0 Å². The molecule has 0 fully saturated rings. The van der Waals surface area contributed by atoms with Crippen molar-refractivity contribution in [1.29, 1.82) is 0 Å². The summed E-state index contributed by atoms with van der Waals surface area (Å²) in [6, 6.07) is 0. The van der Waals surface area contributed by atoms with Crippen LogP contribution in [-0.2, 0) is 38.1 Å². The van der Waals surface area contributed by atoms with Crippen LogP contribution in [0.1, 0.15) is 79.1 Å². The van der Waals surface area contributed by atoms with Crippen LogP contribution >= 0.6 is 0 Å². The van der Waals surface area contributed by atoms with Crippen molar-refractivity contribution < 1.29 is 58.6 Å². The fourth-order valence-electron chi connectivity index (χ4n) is 5.51. The molecule has 2 aliphatic rings. The van der Waals surface area contributed by atoms with Crippen molar-refractivity contribution in [3.8, 4) is 0 Å². The molecule has 0 heterocycles. The molecule has 0 radical (unpaired) electrons. The molecule has 0 saturated heterocycles. The van der Waals surface area contributed by atoms with E-state index in [1.165, 1.54) is 0 Å². The highest BCUT2D eigenvalue weighted by Crippen LogP contribution is 2.34. The Morgan fingerprint density at radius 3 is 1.24 bits per heavy atom. The summed E-state index contributed by atoms with van der Waals surface area (Å²) in [6.07, 6.45) is 6.82. The van der Waals surface area contributed by atoms with Gasteiger partial charge in [0.1, 0.15) is 13.2 Å². The minimum Gasteiger partial charge on any atom is -0.465 e. The van der Waals surface area contributed by atoms with E-state index in [1.54, 1.807) is 13.8 Å². The SMILES string of the molecule is CCC(CO)(CO)COC(=O)C1CC(C)=CCC1C(=O)OCCCCOC(=O)C1CC=C(C)CC1C(=O)OCC(CC)(CO)CO. The van der Waals surface area contributed by atoms with Crippen LogP contribution in [0.4, 0.5) is 0 Å². The van der Waals surface area contributed by atoms with E-state index in [0.29, 0.717) is 51.4 Å². The van der Waals surface area contributed by atoms with Gasteiger partial charge in [0.05, 0.1) is 74.1 Å². The third-order valence-corrected chi connectivity index (χ3v) is 9.62. The van der Waals surface area contributed by atoms with Gasteiger partial charge in [0.15, 0.2) is 0 Å². The molecule has 0 aromatic rings. The van der Waals surface area contributed by atoms with Crippen molar-refractivity contribution in [2.24, 2.45) is 34.5 Å². The summed E-state index contributed by atoms with van der Waals surface area (Å²) in [5.41, 5.74) is 0.0478. The molecule has 46 heavy (non-hydrogen) atoms. The number of aliphatic hydroxyl groups excluding tert-OH is 4. The molecule has 0 aromatic carbocycles. The number of aliphatic hydroxyl groups is 4. The maximum absolute atomic E-state index is 12.9. The molecule has 0 aliphatic heterocycles. The average molecular weight is 655 g/mol. The lowest BCUT2D eigenvalue weighted by atomic mass is 9.80. The van der Waals surface area contributed by atoms with Crippen molar-refractivity contribution in [3.63, 3.8) is 0 Å². The van der Waals surface area contributed by atoms with E-state index < -0.39 is 58.4 Å². The smallest absolute Gasteiger partial charge is 0.310 e. The Kier molecular flexibility index (Phi) is 16.4. The number of carbonyl (C=O) groups is 4. The summed E-state index contributed by atoms with van der Waals surface area (Å²) < 4.78 is 21.9. The molecule has 0 saturated carbocycles. The van der Waals surface area contributed by atoms with Crippen molar-refractivity contribution in [2.45, 2.75) is 79.1 Å². The van der Waals surface area contributed by atoms with Gasteiger partial charge in [0.2, 0.25) is 0 Å². The van der Waals surface area contributed by atoms with Crippen LogP contribution in [0.15, 0.2) is 23.3 Å². The van der Waals surface area contributed by atoms with Crippen LogP contribution in [0.2, 0.25) is 0 Å². The Morgan fingerprint density at radius 1 is 0.609 bits per heavy atom. The first-order valence-electron chi connectivity index (χ1n) is 16.4. The normalized spacial score (nSPS) is 21.9. The minimum absolute atomic E-state index is 0.0700. The van der Waals surface area contributed by atoms with Crippen LogP contribution in [0.5, 0.6) is 0 Å². The van der Waals surface area contributed by atoms with E-state index in [2.05, 4.69) is 0 Å². The summed E-state index contributed by atoms with van der Waals surface area (Å²) in [4.78, 5) is 51.8. The third kappa shape index (κ3) is 10.9. The van der Waals surface area contributed by atoms with Gasteiger partial charge in [-0.25, -0.2) is 0 Å². The maximum Gasteiger partial charge on any atom is 0.310 e. The minimum atomic E-state index is -0.937. The van der Waals surface area contributed by atoms with Crippen molar-refractivity contribution in [3.05, 3.63) is 23.3 Å². The molecule has 0 bridgehead atoms. The number of hydrogen-bond donors (Lipinski definition) is 4. The summed E-state index contributed by atoms with van der Waals surface area (Å²) in [5.74, 6) is -5.07. The van der Waals surface area contributed by atoms with Gasteiger partial charge in [0.25, 0.3) is 0 Å². The average Bonchev–Trinajstić information content (AvgIpc) is 3.07. The quantitative estimate of drug-likeness (QED) is 0.0692. The summed E-state index contributed by atoms with van der Waals surface area (Å²) in [7, 11) is 0. The van der Waals surface area contributed by atoms with Gasteiger partial charge < -0.3 is 39.4 Å². The Morgan fingerprint density at radius 2 is 0.935 bits per heavy atom. The standard InChI is InChI=1S/C34H54O12/c1-5-33(17-35,18-36)21-45-31(41)27-15-23(3)9-11-25(27)29(39)43-13-7-8-14-44-30(40)26-12-10-24(4)16-28(26)32(42)46-22-34(6-2,19-37)20-38/h9-10,25-28,35-38H,5-8,11-22H2,1-4H3. The van der Waals surface area contributed by atoms with Gasteiger partial charge in [-0.2, -0.15) is 0 Å². The van der Waals surface area contributed by atoms with Gasteiger partial charge in [-0.1, -0.05) is 37.1 Å². The van der Waals surface area contributed by atoms with Crippen molar-refractivity contribution in [2.75, 3.05) is 52.9 Å². The van der Waals surface area contributed by atoms with Gasteiger partial charge in [0, 0.05) is 0 Å². The first-order chi connectivity index (χ1) is 21.9. The molecule has 2 rings (SSSR count). The van der Waals surface area contributed by atoms with E-state index in [1.807, 2.05) is 26.0 Å². The van der Waals surface area contributed by atoms with Crippen LogP contribution in [0.25, 0.3) is 0 Å². The highest BCUT2D eigenvalue weighted by Gasteiger charge is 2.40. The molecule has 12 nitrogen and oxygen atoms in total. The predicted molar refractivity (Wildman–Crippen MR) is 167 cm³/mol. The molecule has 4 unspecified atom stereocenters. The Hall–Kier alpha value is -2.80. The first kappa shape index (κ1) is 39.4. The molecule has 4 atom stereocenters. The Bertz CT molecular complexity index is 971. The fraction of sp³-hybridized carbons (Fsp3) is 0.765. The zero-order valence-corrected chi connectivity index (χ0v) is 27.8. The molecular formula is C34H54O12.